The minimum Gasteiger partial charge on any atom is -0.341 e. The quantitative estimate of drug-likeness (QED) is 0.930. The molecule has 2 atom stereocenters. The van der Waals surface area contributed by atoms with Crippen LogP contribution in [0.25, 0.3) is 0 Å². The Hall–Kier alpha value is -1.68. The van der Waals surface area contributed by atoms with Gasteiger partial charge in [0.2, 0.25) is 5.91 Å². The van der Waals surface area contributed by atoms with Gasteiger partial charge in [-0.1, -0.05) is 30.3 Å². The fraction of sp³-hybridized carbons (Fsp3) is 0.556. The van der Waals surface area contributed by atoms with Gasteiger partial charge in [0.1, 0.15) is 11.3 Å². The molecular formula is C18H24N2O2. The zero-order valence-corrected chi connectivity index (χ0v) is 13.2. The van der Waals surface area contributed by atoms with E-state index in [0.717, 1.165) is 31.5 Å². The normalized spacial score (nSPS) is 28.6. The number of nitrogens with one attached hydrogen (secondary N) is 1. The molecule has 1 N–H and O–H groups in total. The van der Waals surface area contributed by atoms with Crippen molar-refractivity contribution >= 4 is 11.7 Å². The van der Waals surface area contributed by atoms with Crippen molar-refractivity contribution in [3.63, 3.8) is 0 Å². The van der Waals surface area contributed by atoms with Gasteiger partial charge in [0.05, 0.1) is 0 Å². The van der Waals surface area contributed by atoms with E-state index in [-0.39, 0.29) is 17.6 Å². The van der Waals surface area contributed by atoms with Crippen LogP contribution >= 0.6 is 0 Å². The van der Waals surface area contributed by atoms with Crippen molar-refractivity contribution in [3.05, 3.63) is 35.9 Å². The van der Waals surface area contributed by atoms with Crippen molar-refractivity contribution < 1.29 is 9.59 Å². The van der Waals surface area contributed by atoms with E-state index in [0.29, 0.717) is 13.0 Å². The second-order valence-corrected chi connectivity index (χ2v) is 6.52. The van der Waals surface area contributed by atoms with Gasteiger partial charge in [-0.15, -0.1) is 0 Å². The molecule has 2 saturated heterocycles. The average molecular weight is 300 g/mol. The lowest BCUT2D eigenvalue weighted by atomic mass is 9.83. The Morgan fingerprint density at radius 3 is 2.41 bits per heavy atom. The first-order chi connectivity index (χ1) is 10.6. The molecule has 3 rings (SSSR count). The minimum absolute atomic E-state index is 0.0750. The third-order valence-electron chi connectivity index (χ3n) is 5.05. The summed E-state index contributed by atoms with van der Waals surface area (Å²) in [4.78, 5) is 27.0. The third-order valence-corrected chi connectivity index (χ3v) is 5.05. The SMILES string of the molecule is CC(=O)[C@@H]1CN[C@](C(=O)N2CCCCC2)(c2ccccc2)C1. The van der Waals surface area contributed by atoms with Gasteiger partial charge in [-0.05, 0) is 38.2 Å². The maximum absolute atomic E-state index is 13.2. The summed E-state index contributed by atoms with van der Waals surface area (Å²) in [6, 6.07) is 9.88. The lowest BCUT2D eigenvalue weighted by Gasteiger charge is -2.37. The Morgan fingerprint density at radius 1 is 1.14 bits per heavy atom. The maximum Gasteiger partial charge on any atom is 0.247 e. The first kappa shape index (κ1) is 15.2. The van der Waals surface area contributed by atoms with Crippen molar-refractivity contribution in [1.82, 2.24) is 10.2 Å². The van der Waals surface area contributed by atoms with Gasteiger partial charge >= 0.3 is 0 Å². The molecule has 0 spiro atoms. The fourth-order valence-electron chi connectivity index (χ4n) is 3.69. The van der Waals surface area contributed by atoms with Crippen LogP contribution in [0.4, 0.5) is 0 Å². The summed E-state index contributed by atoms with van der Waals surface area (Å²) < 4.78 is 0. The lowest BCUT2D eigenvalue weighted by Crippen LogP contribution is -2.53. The molecule has 0 unspecified atom stereocenters. The van der Waals surface area contributed by atoms with Crippen LogP contribution in [-0.2, 0) is 15.1 Å². The van der Waals surface area contributed by atoms with Gasteiger partial charge in [0, 0.05) is 25.6 Å². The molecular weight excluding hydrogens is 276 g/mol. The number of carbonyl (C=O) groups is 2. The molecule has 0 aliphatic carbocycles. The van der Waals surface area contributed by atoms with E-state index in [9.17, 15) is 9.59 Å². The molecule has 0 aromatic heterocycles. The maximum atomic E-state index is 13.2. The number of carbonyl (C=O) groups excluding carboxylic acids is 2. The van der Waals surface area contributed by atoms with E-state index in [1.165, 1.54) is 6.42 Å². The number of hydrogen-bond donors (Lipinski definition) is 1. The molecule has 0 bridgehead atoms. The van der Waals surface area contributed by atoms with Crippen molar-refractivity contribution in [2.24, 2.45) is 5.92 Å². The molecule has 118 valence electrons. The summed E-state index contributed by atoms with van der Waals surface area (Å²) in [7, 11) is 0. The smallest absolute Gasteiger partial charge is 0.247 e. The van der Waals surface area contributed by atoms with Gasteiger partial charge in [-0.3, -0.25) is 14.9 Å². The fourth-order valence-corrected chi connectivity index (χ4v) is 3.69. The van der Waals surface area contributed by atoms with Crippen LogP contribution in [0.3, 0.4) is 0 Å². The number of likely N-dealkylation sites (tertiary alicyclic amines) is 1. The van der Waals surface area contributed by atoms with E-state index < -0.39 is 5.54 Å². The Kier molecular flexibility index (Phi) is 4.30. The summed E-state index contributed by atoms with van der Waals surface area (Å²) in [5, 5.41) is 3.40. The monoisotopic (exact) mass is 300 g/mol. The van der Waals surface area contributed by atoms with E-state index >= 15 is 0 Å². The first-order valence-corrected chi connectivity index (χ1v) is 8.24. The zero-order chi connectivity index (χ0) is 15.6. The van der Waals surface area contributed by atoms with Crippen LogP contribution in [-0.4, -0.2) is 36.2 Å². The number of benzene rings is 1. The highest BCUT2D eigenvalue weighted by molar-refractivity contribution is 5.90. The molecule has 0 radical (unpaired) electrons. The zero-order valence-electron chi connectivity index (χ0n) is 13.2. The Balaban J connectivity index is 1.93. The predicted molar refractivity (Wildman–Crippen MR) is 85.3 cm³/mol. The lowest BCUT2D eigenvalue weighted by molar-refractivity contribution is -0.139. The summed E-state index contributed by atoms with van der Waals surface area (Å²) >= 11 is 0. The van der Waals surface area contributed by atoms with Crippen molar-refractivity contribution in [2.75, 3.05) is 19.6 Å². The molecule has 1 amide bonds. The van der Waals surface area contributed by atoms with Gasteiger partial charge in [0.15, 0.2) is 0 Å². The molecule has 2 heterocycles. The van der Waals surface area contributed by atoms with Crippen molar-refractivity contribution in [2.45, 2.75) is 38.1 Å². The number of nitrogens with zero attached hydrogens (tertiary/aromatic N) is 1. The van der Waals surface area contributed by atoms with Crippen LogP contribution in [0.2, 0.25) is 0 Å². The van der Waals surface area contributed by atoms with Gasteiger partial charge in [0.25, 0.3) is 0 Å². The summed E-state index contributed by atoms with van der Waals surface area (Å²) in [6.45, 7) is 3.88. The summed E-state index contributed by atoms with van der Waals surface area (Å²) in [6.07, 6.45) is 3.92. The first-order valence-electron chi connectivity index (χ1n) is 8.24. The number of rotatable bonds is 3. The second kappa shape index (κ2) is 6.21. The van der Waals surface area contributed by atoms with Gasteiger partial charge < -0.3 is 4.90 Å². The number of amides is 1. The highest BCUT2D eigenvalue weighted by Crippen LogP contribution is 2.36. The molecule has 1 aromatic rings. The molecule has 2 fully saturated rings. The largest absolute Gasteiger partial charge is 0.341 e. The molecule has 2 aliphatic rings. The second-order valence-electron chi connectivity index (χ2n) is 6.52. The van der Waals surface area contributed by atoms with Crippen molar-refractivity contribution in [3.8, 4) is 0 Å². The third kappa shape index (κ3) is 2.68. The molecule has 1 aromatic carbocycles. The van der Waals surface area contributed by atoms with E-state index in [1.54, 1.807) is 6.92 Å². The van der Waals surface area contributed by atoms with Crippen LogP contribution in [0.15, 0.2) is 30.3 Å². The highest BCUT2D eigenvalue weighted by atomic mass is 16.2. The van der Waals surface area contributed by atoms with E-state index in [1.807, 2.05) is 35.2 Å². The van der Waals surface area contributed by atoms with Crippen LogP contribution in [0, 0.1) is 5.92 Å². The van der Waals surface area contributed by atoms with Gasteiger partial charge in [-0.25, -0.2) is 0 Å². The summed E-state index contributed by atoms with van der Waals surface area (Å²) in [5.74, 6) is 0.229. The number of ketones is 1. The topological polar surface area (TPSA) is 49.4 Å². The van der Waals surface area contributed by atoms with Crippen LogP contribution in [0.1, 0.15) is 38.2 Å². The van der Waals surface area contributed by atoms with Gasteiger partial charge in [-0.2, -0.15) is 0 Å². The highest BCUT2D eigenvalue weighted by Gasteiger charge is 2.49. The standard InChI is InChI=1S/C18H24N2O2/c1-14(21)15-12-18(19-13-15,16-8-4-2-5-9-16)17(22)20-10-6-3-7-11-20/h2,4-5,8-9,15,19H,3,6-7,10-13H2,1H3/t15-,18-/m0/s1. The van der Waals surface area contributed by atoms with E-state index in [4.69, 9.17) is 0 Å². The Bertz CT molecular complexity index is 551. The summed E-state index contributed by atoms with van der Waals surface area (Å²) in [5.41, 5.74) is 0.254. The molecule has 22 heavy (non-hydrogen) atoms. The molecule has 4 heteroatoms. The average Bonchev–Trinajstić information content (AvgIpc) is 3.03. The Morgan fingerprint density at radius 2 is 1.82 bits per heavy atom. The van der Waals surface area contributed by atoms with E-state index in [2.05, 4.69) is 5.32 Å². The van der Waals surface area contributed by atoms with Crippen LogP contribution < -0.4 is 5.32 Å². The molecule has 2 aliphatic heterocycles. The minimum atomic E-state index is -0.727. The molecule has 4 nitrogen and oxygen atoms in total. The predicted octanol–water partition coefficient (Wildman–Crippen LogP) is 2.09. The van der Waals surface area contributed by atoms with Crippen LogP contribution in [0.5, 0.6) is 0 Å². The number of hydrogen-bond acceptors (Lipinski definition) is 3. The van der Waals surface area contributed by atoms with Crippen molar-refractivity contribution in [1.29, 1.82) is 0 Å². The number of piperidine rings is 1. The number of Topliss-reactive ketones (excluding diaryl/α,β-unsaturated/α-hetero) is 1. The molecule has 0 saturated carbocycles. The Labute approximate surface area is 131 Å².